The van der Waals surface area contributed by atoms with E-state index in [1.165, 1.54) is 6.42 Å². The summed E-state index contributed by atoms with van der Waals surface area (Å²) in [6.07, 6.45) is 10.1. The lowest BCUT2D eigenvalue weighted by Crippen LogP contribution is -2.34. The Labute approximate surface area is 143 Å². The summed E-state index contributed by atoms with van der Waals surface area (Å²) in [4.78, 5) is 14.2. The number of benzene rings is 1. The lowest BCUT2D eigenvalue weighted by atomic mass is 10.1. The van der Waals surface area contributed by atoms with Gasteiger partial charge in [-0.2, -0.15) is 0 Å². The van der Waals surface area contributed by atoms with E-state index in [9.17, 15) is 4.79 Å². The molecule has 0 unspecified atom stereocenters. The lowest BCUT2D eigenvalue weighted by Gasteiger charge is -2.25. The zero-order chi connectivity index (χ0) is 16.8. The molecular formula is C20H25NO3. The van der Waals surface area contributed by atoms with E-state index < -0.39 is 0 Å². The third kappa shape index (κ3) is 4.19. The Morgan fingerprint density at radius 3 is 2.58 bits per heavy atom. The fourth-order valence-corrected chi connectivity index (χ4v) is 3.03. The number of ether oxygens (including phenoxy) is 2. The van der Waals surface area contributed by atoms with Crippen molar-refractivity contribution in [3.05, 3.63) is 41.5 Å². The van der Waals surface area contributed by atoms with E-state index in [4.69, 9.17) is 9.47 Å². The summed E-state index contributed by atoms with van der Waals surface area (Å²) < 4.78 is 11.2. The second-order valence-corrected chi connectivity index (χ2v) is 6.20. The van der Waals surface area contributed by atoms with Crippen LogP contribution in [0.3, 0.4) is 0 Å². The van der Waals surface area contributed by atoms with Gasteiger partial charge in [-0.1, -0.05) is 25.1 Å². The first kappa shape index (κ1) is 16.6. The van der Waals surface area contributed by atoms with Crippen molar-refractivity contribution in [3.8, 4) is 11.5 Å². The Balaban J connectivity index is 1.69. The second kappa shape index (κ2) is 8.04. The summed E-state index contributed by atoms with van der Waals surface area (Å²) in [6.45, 7) is 5.06. The molecule has 0 aromatic heterocycles. The van der Waals surface area contributed by atoms with Gasteiger partial charge in [0.1, 0.15) is 13.2 Å². The minimum Gasteiger partial charge on any atom is -0.486 e. The van der Waals surface area contributed by atoms with E-state index >= 15 is 0 Å². The topological polar surface area (TPSA) is 38.8 Å². The fraction of sp³-hybridized carbons (Fsp3) is 0.450. The molecule has 0 atom stereocenters. The smallest absolute Gasteiger partial charge is 0.246 e. The zero-order valence-corrected chi connectivity index (χ0v) is 14.3. The summed E-state index contributed by atoms with van der Waals surface area (Å²) in [5.74, 6) is 1.71. The van der Waals surface area contributed by atoms with E-state index in [2.05, 4.69) is 13.0 Å². The van der Waals surface area contributed by atoms with E-state index in [0.717, 1.165) is 55.0 Å². The molecule has 2 aliphatic heterocycles. The van der Waals surface area contributed by atoms with Crippen LogP contribution < -0.4 is 9.47 Å². The van der Waals surface area contributed by atoms with Crippen molar-refractivity contribution in [1.29, 1.82) is 0 Å². The fourth-order valence-electron chi connectivity index (χ4n) is 3.03. The van der Waals surface area contributed by atoms with Crippen molar-refractivity contribution < 1.29 is 14.3 Å². The van der Waals surface area contributed by atoms with Crippen molar-refractivity contribution in [2.75, 3.05) is 26.3 Å². The number of amides is 1. The number of fused-ring (bicyclic) bond motifs is 1. The standard InChI is InChI=1S/C20H25NO3/c1-2-16(7-9-20(22)21-10-4-3-5-11-21)14-17-6-8-18-19(15-17)24-13-12-23-18/h6-9,14-15H,2-5,10-13H2,1H3. The van der Waals surface area contributed by atoms with Gasteiger partial charge < -0.3 is 14.4 Å². The maximum absolute atomic E-state index is 12.2. The van der Waals surface area contributed by atoms with Crippen molar-refractivity contribution >= 4 is 12.0 Å². The molecule has 1 aromatic rings. The van der Waals surface area contributed by atoms with Gasteiger partial charge in [-0.05, 0) is 49.0 Å². The molecule has 1 aromatic carbocycles. The van der Waals surface area contributed by atoms with Crippen molar-refractivity contribution in [3.63, 3.8) is 0 Å². The van der Waals surface area contributed by atoms with Crippen LogP contribution in [0.25, 0.3) is 6.08 Å². The molecule has 3 rings (SSSR count). The number of hydrogen-bond acceptors (Lipinski definition) is 3. The molecule has 1 fully saturated rings. The Bertz CT molecular complexity index is 642. The molecule has 4 heteroatoms. The molecule has 24 heavy (non-hydrogen) atoms. The second-order valence-electron chi connectivity index (χ2n) is 6.20. The van der Waals surface area contributed by atoms with Crippen molar-refractivity contribution in [1.82, 2.24) is 4.90 Å². The molecule has 128 valence electrons. The third-order valence-electron chi connectivity index (χ3n) is 4.43. The predicted octanol–water partition coefficient (Wildman–Crippen LogP) is 3.82. The Hall–Kier alpha value is -2.23. The van der Waals surface area contributed by atoms with Crippen LogP contribution in [0.4, 0.5) is 0 Å². The molecule has 0 saturated carbocycles. The number of hydrogen-bond donors (Lipinski definition) is 0. The number of allylic oxidation sites excluding steroid dienone is 2. The van der Waals surface area contributed by atoms with Crippen LogP contribution in [0.1, 0.15) is 38.2 Å². The molecule has 1 amide bonds. The van der Waals surface area contributed by atoms with Crippen LogP contribution in [-0.4, -0.2) is 37.1 Å². The van der Waals surface area contributed by atoms with Crippen LogP contribution in [0.15, 0.2) is 35.9 Å². The summed E-state index contributed by atoms with van der Waals surface area (Å²) in [5, 5.41) is 0. The molecule has 0 bridgehead atoms. The Morgan fingerprint density at radius 2 is 1.83 bits per heavy atom. The average molecular weight is 327 g/mol. The molecule has 0 aliphatic carbocycles. The monoisotopic (exact) mass is 327 g/mol. The number of rotatable bonds is 4. The highest BCUT2D eigenvalue weighted by Crippen LogP contribution is 2.31. The number of carbonyl (C=O) groups excluding carboxylic acids is 1. The number of piperidine rings is 1. The van der Waals surface area contributed by atoms with Gasteiger partial charge >= 0.3 is 0 Å². The summed E-state index contributed by atoms with van der Waals surface area (Å²) in [7, 11) is 0. The molecule has 0 radical (unpaired) electrons. The summed E-state index contributed by atoms with van der Waals surface area (Å²) in [6, 6.07) is 5.95. The highest BCUT2D eigenvalue weighted by Gasteiger charge is 2.14. The lowest BCUT2D eigenvalue weighted by molar-refractivity contribution is -0.126. The number of likely N-dealkylation sites (tertiary alicyclic amines) is 1. The largest absolute Gasteiger partial charge is 0.486 e. The van der Waals surface area contributed by atoms with Crippen LogP contribution >= 0.6 is 0 Å². The van der Waals surface area contributed by atoms with Crippen LogP contribution in [0.5, 0.6) is 11.5 Å². The van der Waals surface area contributed by atoms with E-state index in [-0.39, 0.29) is 5.91 Å². The molecule has 1 saturated heterocycles. The first-order valence-corrected chi connectivity index (χ1v) is 8.83. The van der Waals surface area contributed by atoms with Crippen LogP contribution in [0.2, 0.25) is 0 Å². The van der Waals surface area contributed by atoms with E-state index in [1.807, 2.05) is 29.2 Å². The van der Waals surface area contributed by atoms with Gasteiger partial charge in [0.25, 0.3) is 0 Å². The van der Waals surface area contributed by atoms with Crippen LogP contribution in [-0.2, 0) is 4.79 Å². The minimum absolute atomic E-state index is 0.122. The number of carbonyl (C=O) groups is 1. The van der Waals surface area contributed by atoms with Crippen LogP contribution in [0, 0.1) is 0 Å². The van der Waals surface area contributed by atoms with Gasteiger partial charge in [0.15, 0.2) is 11.5 Å². The predicted molar refractivity (Wildman–Crippen MR) is 95.3 cm³/mol. The van der Waals surface area contributed by atoms with Gasteiger partial charge in [0.2, 0.25) is 5.91 Å². The molecule has 4 nitrogen and oxygen atoms in total. The minimum atomic E-state index is 0.122. The Kier molecular flexibility index (Phi) is 5.57. The molecule has 2 heterocycles. The van der Waals surface area contributed by atoms with E-state index in [1.54, 1.807) is 6.08 Å². The SMILES string of the molecule is CCC(C=CC(=O)N1CCCCC1)=Cc1ccc2c(c1)OCCO2. The van der Waals surface area contributed by atoms with Crippen molar-refractivity contribution in [2.45, 2.75) is 32.6 Å². The summed E-state index contributed by atoms with van der Waals surface area (Å²) in [5.41, 5.74) is 2.18. The molecular weight excluding hydrogens is 302 g/mol. The van der Waals surface area contributed by atoms with Gasteiger partial charge in [-0.15, -0.1) is 0 Å². The van der Waals surface area contributed by atoms with Gasteiger partial charge in [-0.3, -0.25) is 4.79 Å². The van der Waals surface area contributed by atoms with E-state index in [0.29, 0.717) is 13.2 Å². The average Bonchev–Trinajstić information content (AvgIpc) is 2.65. The maximum atomic E-state index is 12.2. The van der Waals surface area contributed by atoms with Crippen molar-refractivity contribution in [2.24, 2.45) is 0 Å². The Morgan fingerprint density at radius 1 is 1.08 bits per heavy atom. The normalized spacial score (nSPS) is 18.0. The molecule has 0 N–H and O–H groups in total. The van der Waals surface area contributed by atoms with Gasteiger partial charge in [0, 0.05) is 19.2 Å². The number of nitrogens with zero attached hydrogens (tertiary/aromatic N) is 1. The zero-order valence-electron chi connectivity index (χ0n) is 14.3. The first-order chi connectivity index (χ1) is 11.8. The highest BCUT2D eigenvalue weighted by molar-refractivity contribution is 5.88. The molecule has 2 aliphatic rings. The third-order valence-corrected chi connectivity index (χ3v) is 4.43. The maximum Gasteiger partial charge on any atom is 0.246 e. The van der Waals surface area contributed by atoms with Gasteiger partial charge in [0.05, 0.1) is 0 Å². The first-order valence-electron chi connectivity index (χ1n) is 8.83. The highest BCUT2D eigenvalue weighted by atomic mass is 16.6. The molecule has 0 spiro atoms. The quantitative estimate of drug-likeness (QED) is 0.623. The van der Waals surface area contributed by atoms with Gasteiger partial charge in [-0.25, -0.2) is 0 Å². The summed E-state index contributed by atoms with van der Waals surface area (Å²) >= 11 is 0.